The third-order valence-corrected chi connectivity index (χ3v) is 1.72. The van der Waals surface area contributed by atoms with Crippen molar-refractivity contribution in [2.45, 2.75) is 18.6 Å². The molecule has 1 rings (SSSR count). The van der Waals surface area contributed by atoms with Gasteiger partial charge in [0, 0.05) is 6.42 Å². The minimum Gasteiger partial charge on any atom is -0.480 e. The van der Waals surface area contributed by atoms with Crippen molar-refractivity contribution in [3.8, 4) is 0 Å². The molecule has 1 aliphatic rings. The van der Waals surface area contributed by atoms with Crippen molar-refractivity contribution in [1.29, 1.82) is 0 Å². The molecule has 1 unspecified atom stereocenters. The first kappa shape index (κ1) is 9.44. The van der Waals surface area contributed by atoms with Gasteiger partial charge in [-0.2, -0.15) is 0 Å². The van der Waals surface area contributed by atoms with E-state index in [1.807, 2.05) is 0 Å². The maximum Gasteiger partial charge on any atom is 0.320 e. The highest BCUT2D eigenvalue weighted by Gasteiger charge is 2.21. The molecule has 0 aromatic rings. The molecular formula is C7H13NO4. The summed E-state index contributed by atoms with van der Waals surface area (Å²) in [6.07, 6.45) is 0.153. The van der Waals surface area contributed by atoms with E-state index in [4.69, 9.17) is 20.3 Å². The van der Waals surface area contributed by atoms with Crippen molar-refractivity contribution in [3.63, 3.8) is 0 Å². The second kappa shape index (κ2) is 4.39. The monoisotopic (exact) mass is 175 g/mol. The van der Waals surface area contributed by atoms with Crippen LogP contribution < -0.4 is 5.73 Å². The molecule has 0 spiro atoms. The Hall–Kier alpha value is -0.650. The molecule has 0 radical (unpaired) electrons. The van der Waals surface area contributed by atoms with Gasteiger partial charge >= 0.3 is 5.97 Å². The lowest BCUT2D eigenvalue weighted by Crippen LogP contribution is -2.39. The van der Waals surface area contributed by atoms with Gasteiger partial charge in [0.15, 0.2) is 0 Å². The average Bonchev–Trinajstić information content (AvgIpc) is 2.06. The second-order valence-electron chi connectivity index (χ2n) is 2.75. The van der Waals surface area contributed by atoms with Crippen molar-refractivity contribution in [1.82, 2.24) is 0 Å². The fourth-order valence-electron chi connectivity index (χ4n) is 1.06. The number of rotatable bonds is 3. The van der Waals surface area contributed by atoms with Crippen LogP contribution in [0.25, 0.3) is 0 Å². The Morgan fingerprint density at radius 2 is 2.42 bits per heavy atom. The summed E-state index contributed by atoms with van der Waals surface area (Å²) in [6.45, 7) is 1.55. The van der Waals surface area contributed by atoms with Gasteiger partial charge in [-0.05, 0) is 0 Å². The number of carbonyl (C=O) groups is 1. The van der Waals surface area contributed by atoms with Gasteiger partial charge in [-0.15, -0.1) is 0 Å². The van der Waals surface area contributed by atoms with Crippen LogP contribution in [0.5, 0.6) is 0 Å². The van der Waals surface area contributed by atoms with Gasteiger partial charge in [-0.1, -0.05) is 0 Å². The van der Waals surface area contributed by atoms with E-state index in [-0.39, 0.29) is 6.10 Å². The number of aliphatic carboxylic acids is 1. The van der Waals surface area contributed by atoms with Crippen LogP contribution in [0.1, 0.15) is 6.42 Å². The smallest absolute Gasteiger partial charge is 0.320 e. The van der Waals surface area contributed by atoms with Gasteiger partial charge in [0.1, 0.15) is 6.04 Å². The number of nitrogens with two attached hydrogens (primary N) is 1. The fraction of sp³-hybridized carbons (Fsp3) is 0.857. The molecule has 0 aromatic heterocycles. The lowest BCUT2D eigenvalue weighted by Gasteiger charge is -2.23. The maximum absolute atomic E-state index is 10.4. The Bertz CT molecular complexity index is 155. The molecule has 2 atom stereocenters. The highest BCUT2D eigenvalue weighted by atomic mass is 16.6. The molecular weight excluding hydrogens is 162 g/mol. The SMILES string of the molecule is N[C@@H](CC1COCCO1)C(=O)O. The van der Waals surface area contributed by atoms with Crippen molar-refractivity contribution in [2.24, 2.45) is 5.73 Å². The van der Waals surface area contributed by atoms with E-state index in [1.165, 1.54) is 0 Å². The van der Waals surface area contributed by atoms with E-state index in [0.29, 0.717) is 26.2 Å². The Kier molecular flexibility index (Phi) is 3.46. The van der Waals surface area contributed by atoms with Crippen LogP contribution in [-0.4, -0.2) is 43.0 Å². The summed E-state index contributed by atoms with van der Waals surface area (Å²) in [7, 11) is 0. The van der Waals surface area contributed by atoms with Crippen LogP contribution in [0.3, 0.4) is 0 Å². The molecule has 0 saturated carbocycles. The predicted octanol–water partition coefficient (Wildman–Crippen LogP) is -0.796. The molecule has 1 saturated heterocycles. The van der Waals surface area contributed by atoms with E-state index < -0.39 is 12.0 Å². The molecule has 1 fully saturated rings. The summed E-state index contributed by atoms with van der Waals surface area (Å²) in [5.41, 5.74) is 5.31. The Morgan fingerprint density at radius 3 is 2.92 bits per heavy atom. The normalized spacial score (nSPS) is 26.6. The van der Waals surface area contributed by atoms with E-state index >= 15 is 0 Å². The lowest BCUT2D eigenvalue weighted by molar-refractivity contribution is -0.141. The van der Waals surface area contributed by atoms with Crippen molar-refractivity contribution >= 4 is 5.97 Å². The zero-order valence-corrected chi connectivity index (χ0v) is 6.73. The Balaban J connectivity index is 2.24. The summed E-state index contributed by atoms with van der Waals surface area (Å²) in [5.74, 6) is -0.996. The lowest BCUT2D eigenvalue weighted by atomic mass is 10.1. The minimum absolute atomic E-state index is 0.162. The molecule has 5 heteroatoms. The molecule has 5 nitrogen and oxygen atoms in total. The van der Waals surface area contributed by atoms with Gasteiger partial charge in [0.25, 0.3) is 0 Å². The van der Waals surface area contributed by atoms with Crippen LogP contribution in [0.4, 0.5) is 0 Å². The molecule has 70 valence electrons. The highest BCUT2D eigenvalue weighted by Crippen LogP contribution is 2.06. The van der Waals surface area contributed by atoms with Crippen LogP contribution in [0.15, 0.2) is 0 Å². The van der Waals surface area contributed by atoms with Crippen LogP contribution in [0.2, 0.25) is 0 Å². The number of carboxylic acids is 1. The first-order valence-electron chi connectivity index (χ1n) is 3.88. The summed E-state index contributed by atoms with van der Waals surface area (Å²) in [5, 5.41) is 8.49. The van der Waals surface area contributed by atoms with Gasteiger partial charge in [-0.25, -0.2) is 0 Å². The second-order valence-corrected chi connectivity index (χ2v) is 2.75. The maximum atomic E-state index is 10.4. The van der Waals surface area contributed by atoms with Crippen molar-refractivity contribution in [3.05, 3.63) is 0 Å². The van der Waals surface area contributed by atoms with E-state index in [9.17, 15) is 4.79 Å². The summed E-state index contributed by atoms with van der Waals surface area (Å²) >= 11 is 0. The fourth-order valence-corrected chi connectivity index (χ4v) is 1.06. The van der Waals surface area contributed by atoms with E-state index in [0.717, 1.165) is 0 Å². The molecule has 3 N–H and O–H groups in total. The standard InChI is InChI=1S/C7H13NO4/c8-6(7(9)10)3-5-4-11-1-2-12-5/h5-6H,1-4,8H2,(H,9,10)/t5?,6-/m0/s1. The number of ether oxygens (including phenoxy) is 2. The first-order chi connectivity index (χ1) is 5.70. The van der Waals surface area contributed by atoms with E-state index in [2.05, 4.69) is 0 Å². The molecule has 0 bridgehead atoms. The molecule has 12 heavy (non-hydrogen) atoms. The molecule has 1 aliphatic heterocycles. The highest BCUT2D eigenvalue weighted by molar-refractivity contribution is 5.73. The van der Waals surface area contributed by atoms with Gasteiger partial charge in [0.05, 0.1) is 25.9 Å². The van der Waals surface area contributed by atoms with Crippen LogP contribution >= 0.6 is 0 Å². The molecule has 1 heterocycles. The third kappa shape index (κ3) is 2.77. The Morgan fingerprint density at radius 1 is 1.67 bits per heavy atom. The van der Waals surface area contributed by atoms with Crippen LogP contribution in [-0.2, 0) is 14.3 Å². The number of hydrogen-bond acceptors (Lipinski definition) is 4. The van der Waals surface area contributed by atoms with Gasteiger partial charge in [-0.3, -0.25) is 4.79 Å². The first-order valence-corrected chi connectivity index (χ1v) is 3.88. The zero-order chi connectivity index (χ0) is 8.97. The van der Waals surface area contributed by atoms with Gasteiger partial charge < -0.3 is 20.3 Å². The van der Waals surface area contributed by atoms with Crippen molar-refractivity contribution < 1.29 is 19.4 Å². The topological polar surface area (TPSA) is 81.8 Å². The number of hydrogen-bond donors (Lipinski definition) is 2. The average molecular weight is 175 g/mol. The van der Waals surface area contributed by atoms with Crippen molar-refractivity contribution in [2.75, 3.05) is 19.8 Å². The third-order valence-electron chi connectivity index (χ3n) is 1.72. The summed E-state index contributed by atoms with van der Waals surface area (Å²) in [4.78, 5) is 10.4. The zero-order valence-electron chi connectivity index (χ0n) is 6.73. The van der Waals surface area contributed by atoms with Crippen LogP contribution in [0, 0.1) is 0 Å². The quantitative estimate of drug-likeness (QED) is 0.587. The minimum atomic E-state index is -0.996. The predicted molar refractivity (Wildman–Crippen MR) is 40.8 cm³/mol. The summed E-state index contributed by atoms with van der Waals surface area (Å²) < 4.78 is 10.3. The number of carboxylic acid groups (broad SMARTS) is 1. The summed E-state index contributed by atoms with van der Waals surface area (Å²) in [6, 6.07) is -0.850. The molecule has 0 amide bonds. The molecule has 0 aliphatic carbocycles. The largest absolute Gasteiger partial charge is 0.480 e. The Labute approximate surface area is 70.4 Å². The molecule has 0 aromatic carbocycles. The van der Waals surface area contributed by atoms with Gasteiger partial charge in [0.2, 0.25) is 0 Å². The van der Waals surface area contributed by atoms with E-state index in [1.54, 1.807) is 0 Å².